The Morgan fingerprint density at radius 2 is 1.88 bits per heavy atom. The van der Waals surface area contributed by atoms with Crippen LogP contribution in [0.25, 0.3) is 10.9 Å². The maximum atomic E-state index is 14.0. The van der Waals surface area contributed by atoms with Crippen LogP contribution in [0.4, 0.5) is 4.39 Å². The van der Waals surface area contributed by atoms with Gasteiger partial charge in [-0.05, 0) is 55.3 Å². The van der Waals surface area contributed by atoms with Crippen LogP contribution in [-0.4, -0.2) is 29.6 Å². The van der Waals surface area contributed by atoms with Crippen LogP contribution in [0.1, 0.15) is 16.8 Å². The number of aryl methyl sites for hydroxylation is 2. The van der Waals surface area contributed by atoms with Gasteiger partial charge in [0.25, 0.3) is 0 Å². The van der Waals surface area contributed by atoms with Gasteiger partial charge in [-0.25, -0.2) is 4.39 Å². The predicted molar refractivity (Wildman–Crippen MR) is 102 cm³/mol. The zero-order valence-electron chi connectivity index (χ0n) is 14.4. The number of hydrogen-bond donors (Lipinski definition) is 0. The van der Waals surface area contributed by atoms with Gasteiger partial charge in [0.15, 0.2) is 0 Å². The second-order valence-electron chi connectivity index (χ2n) is 6.88. The van der Waals surface area contributed by atoms with Crippen LogP contribution in [0, 0.1) is 5.82 Å². The highest BCUT2D eigenvalue weighted by Gasteiger charge is 2.20. The molecular weight excluding hydrogens is 335 g/mol. The van der Waals surface area contributed by atoms with Gasteiger partial charge in [0.1, 0.15) is 5.82 Å². The van der Waals surface area contributed by atoms with Crippen molar-refractivity contribution in [1.82, 2.24) is 9.47 Å². The van der Waals surface area contributed by atoms with E-state index in [1.807, 2.05) is 18.2 Å². The fourth-order valence-corrected chi connectivity index (χ4v) is 4.09. The molecule has 0 aliphatic carbocycles. The number of fused-ring (bicyclic) bond motifs is 3. The van der Waals surface area contributed by atoms with Crippen molar-refractivity contribution in [2.24, 2.45) is 0 Å². The largest absolute Gasteiger partial charge is 0.344 e. The highest BCUT2D eigenvalue weighted by atomic mass is 35.5. The van der Waals surface area contributed by atoms with Gasteiger partial charge in [-0.2, -0.15) is 0 Å². The van der Waals surface area contributed by atoms with Gasteiger partial charge in [0, 0.05) is 47.7 Å². The third kappa shape index (κ3) is 3.19. The lowest BCUT2D eigenvalue weighted by atomic mass is 10.1. The van der Waals surface area contributed by atoms with Gasteiger partial charge in [-0.15, -0.1) is 0 Å². The molecule has 0 radical (unpaired) electrons. The smallest absolute Gasteiger partial charge is 0.126 e. The molecule has 2 heterocycles. The van der Waals surface area contributed by atoms with Gasteiger partial charge in [-0.3, -0.25) is 0 Å². The lowest BCUT2D eigenvalue weighted by Gasteiger charge is -2.14. The van der Waals surface area contributed by atoms with E-state index >= 15 is 0 Å². The highest BCUT2D eigenvalue weighted by molar-refractivity contribution is 6.31. The molecule has 4 rings (SSSR count). The molecule has 1 aliphatic heterocycles. The Morgan fingerprint density at radius 1 is 1.08 bits per heavy atom. The lowest BCUT2D eigenvalue weighted by Crippen LogP contribution is -2.21. The number of aromatic nitrogens is 1. The summed E-state index contributed by atoms with van der Waals surface area (Å²) in [4.78, 5) is 2.37. The normalized spacial score (nSPS) is 15.3. The molecule has 1 aromatic heterocycles. The van der Waals surface area contributed by atoms with Gasteiger partial charge in [0.2, 0.25) is 0 Å². The third-order valence-corrected chi connectivity index (χ3v) is 5.52. The first-order valence-corrected chi connectivity index (χ1v) is 9.23. The number of halogens is 2. The first-order chi connectivity index (χ1) is 12.1. The Balaban J connectivity index is 1.76. The molecule has 0 amide bonds. The van der Waals surface area contributed by atoms with E-state index in [9.17, 15) is 4.39 Å². The minimum atomic E-state index is -0.118. The van der Waals surface area contributed by atoms with E-state index in [1.54, 1.807) is 12.1 Å². The van der Waals surface area contributed by atoms with E-state index < -0.39 is 0 Å². The molecule has 0 saturated heterocycles. The number of nitrogens with zero attached hydrogens (tertiary/aromatic N) is 2. The molecule has 2 aromatic carbocycles. The maximum absolute atomic E-state index is 14.0. The molecule has 0 N–H and O–H groups in total. The molecule has 0 spiro atoms. The summed E-state index contributed by atoms with van der Waals surface area (Å²) in [6.07, 6.45) is 2.76. The van der Waals surface area contributed by atoms with Crippen LogP contribution in [0.2, 0.25) is 5.02 Å². The first kappa shape index (κ1) is 16.6. The van der Waals surface area contributed by atoms with E-state index in [4.69, 9.17) is 11.6 Å². The van der Waals surface area contributed by atoms with E-state index in [0.29, 0.717) is 6.42 Å². The first-order valence-electron chi connectivity index (χ1n) is 8.85. The van der Waals surface area contributed by atoms with Crippen LogP contribution in [-0.2, 0) is 25.8 Å². The summed E-state index contributed by atoms with van der Waals surface area (Å²) >= 11 is 6.26. The summed E-state index contributed by atoms with van der Waals surface area (Å²) in [5, 5.41) is 2.03. The second kappa shape index (κ2) is 6.81. The number of likely N-dealkylation sites (N-methyl/N-ethyl adjacent to an activating group) is 1. The van der Waals surface area contributed by atoms with Crippen molar-refractivity contribution >= 4 is 22.5 Å². The Bertz CT molecular complexity index is 916. The van der Waals surface area contributed by atoms with Crippen molar-refractivity contribution < 1.29 is 4.39 Å². The zero-order valence-corrected chi connectivity index (χ0v) is 15.2. The van der Waals surface area contributed by atoms with Crippen molar-refractivity contribution in [2.75, 3.05) is 20.1 Å². The standard InChI is InChI=1S/C21H22ClFN2/c1-24-11-9-17-18-14-16(22)6-7-20(18)25(21(17)10-12-24)13-8-15-4-2-3-5-19(15)23/h2-7,14H,8-13H2,1H3. The molecule has 3 aromatic rings. The minimum absolute atomic E-state index is 0.118. The summed E-state index contributed by atoms with van der Waals surface area (Å²) in [7, 11) is 2.17. The van der Waals surface area contributed by atoms with Crippen molar-refractivity contribution in [3.63, 3.8) is 0 Å². The topological polar surface area (TPSA) is 8.17 Å². The van der Waals surface area contributed by atoms with Crippen LogP contribution in [0.3, 0.4) is 0 Å². The molecule has 25 heavy (non-hydrogen) atoms. The third-order valence-electron chi connectivity index (χ3n) is 5.29. The Hall–Kier alpha value is -1.84. The average molecular weight is 357 g/mol. The minimum Gasteiger partial charge on any atom is -0.344 e. The molecular formula is C21H22ClFN2. The highest BCUT2D eigenvalue weighted by Crippen LogP contribution is 2.31. The summed E-state index contributed by atoms with van der Waals surface area (Å²) in [5.74, 6) is -0.118. The molecule has 1 aliphatic rings. The average Bonchev–Trinajstić information content (AvgIpc) is 2.74. The molecule has 0 bridgehead atoms. The Labute approximate surface area is 152 Å². The SMILES string of the molecule is CN1CCc2c(n(CCc3ccccc3F)c3ccc(Cl)cc23)CC1. The van der Waals surface area contributed by atoms with Gasteiger partial charge in [-0.1, -0.05) is 29.8 Å². The number of benzene rings is 2. The van der Waals surface area contributed by atoms with E-state index in [1.165, 1.54) is 22.2 Å². The number of hydrogen-bond acceptors (Lipinski definition) is 1. The van der Waals surface area contributed by atoms with Crippen LogP contribution in [0.5, 0.6) is 0 Å². The molecule has 0 atom stereocenters. The quantitative estimate of drug-likeness (QED) is 0.660. The van der Waals surface area contributed by atoms with Crippen molar-refractivity contribution in [3.8, 4) is 0 Å². The molecule has 2 nitrogen and oxygen atoms in total. The van der Waals surface area contributed by atoms with E-state index in [-0.39, 0.29) is 5.82 Å². The monoisotopic (exact) mass is 356 g/mol. The fraction of sp³-hybridized carbons (Fsp3) is 0.333. The lowest BCUT2D eigenvalue weighted by molar-refractivity contribution is 0.350. The summed E-state index contributed by atoms with van der Waals surface area (Å²) in [6, 6.07) is 13.2. The van der Waals surface area contributed by atoms with Crippen molar-refractivity contribution in [1.29, 1.82) is 0 Å². The van der Waals surface area contributed by atoms with E-state index in [0.717, 1.165) is 43.1 Å². The second-order valence-corrected chi connectivity index (χ2v) is 7.32. The molecule has 130 valence electrons. The van der Waals surface area contributed by atoms with E-state index in [2.05, 4.69) is 28.6 Å². The maximum Gasteiger partial charge on any atom is 0.126 e. The fourth-order valence-electron chi connectivity index (χ4n) is 3.91. The van der Waals surface area contributed by atoms with Gasteiger partial charge >= 0.3 is 0 Å². The van der Waals surface area contributed by atoms with Crippen molar-refractivity contribution in [2.45, 2.75) is 25.8 Å². The molecule has 0 saturated carbocycles. The summed E-state index contributed by atoms with van der Waals surface area (Å²) in [5.41, 5.74) is 4.79. The summed E-state index contributed by atoms with van der Waals surface area (Å²) in [6.45, 7) is 2.90. The van der Waals surface area contributed by atoms with Gasteiger partial charge < -0.3 is 9.47 Å². The van der Waals surface area contributed by atoms with Crippen LogP contribution >= 0.6 is 11.6 Å². The molecule has 0 unspecified atom stereocenters. The zero-order chi connectivity index (χ0) is 17.4. The Kier molecular flexibility index (Phi) is 4.53. The summed E-state index contributed by atoms with van der Waals surface area (Å²) < 4.78 is 16.4. The van der Waals surface area contributed by atoms with Gasteiger partial charge in [0.05, 0.1) is 0 Å². The van der Waals surface area contributed by atoms with Crippen molar-refractivity contribution in [3.05, 3.63) is 70.1 Å². The predicted octanol–water partition coefficient (Wildman–Crippen LogP) is 4.71. The molecule has 4 heteroatoms. The van der Waals surface area contributed by atoms with Crippen LogP contribution in [0.15, 0.2) is 42.5 Å². The molecule has 0 fully saturated rings. The van der Waals surface area contributed by atoms with Crippen LogP contribution < -0.4 is 0 Å². The number of rotatable bonds is 3. The Morgan fingerprint density at radius 3 is 2.72 bits per heavy atom.